The Morgan fingerprint density at radius 2 is 2.00 bits per heavy atom. The molecule has 5 atom stereocenters. The SMILES string of the molecule is NN=c1nc[nH]c2c1ccn2[C@@H]1O[C@H](C(O)c2ccc(Cl)c(Cl)c2)[C@@H](O)[C@H]1O. The van der Waals surface area contributed by atoms with Crippen LogP contribution in [-0.4, -0.2) is 48.2 Å². The molecule has 1 unspecified atom stereocenters. The van der Waals surface area contributed by atoms with Crippen molar-refractivity contribution >= 4 is 34.2 Å². The highest BCUT2D eigenvalue weighted by Gasteiger charge is 2.47. The summed E-state index contributed by atoms with van der Waals surface area (Å²) in [5.74, 6) is 5.34. The van der Waals surface area contributed by atoms with Crippen molar-refractivity contribution in [1.82, 2.24) is 14.5 Å². The molecule has 9 nitrogen and oxygen atoms in total. The Bertz CT molecular complexity index is 1080. The van der Waals surface area contributed by atoms with Gasteiger partial charge in [0.2, 0.25) is 0 Å². The van der Waals surface area contributed by atoms with Gasteiger partial charge in [-0.25, -0.2) is 4.98 Å². The molecule has 148 valence electrons. The molecule has 1 aromatic carbocycles. The molecule has 3 aromatic rings. The molecular weight excluding hydrogens is 409 g/mol. The van der Waals surface area contributed by atoms with Crippen molar-refractivity contribution in [2.45, 2.75) is 30.6 Å². The molecule has 28 heavy (non-hydrogen) atoms. The van der Waals surface area contributed by atoms with Crippen LogP contribution in [0.5, 0.6) is 0 Å². The molecule has 4 rings (SSSR count). The van der Waals surface area contributed by atoms with Gasteiger partial charge in [-0.2, -0.15) is 5.10 Å². The molecule has 1 aliphatic rings. The number of aliphatic hydroxyl groups excluding tert-OH is 3. The van der Waals surface area contributed by atoms with Crippen molar-refractivity contribution in [3.8, 4) is 0 Å². The lowest BCUT2D eigenvalue weighted by molar-refractivity contribution is -0.0848. The Hall–Kier alpha value is -2.14. The number of nitrogens with zero attached hydrogens (tertiary/aromatic N) is 3. The maximum atomic E-state index is 10.7. The molecule has 6 N–H and O–H groups in total. The van der Waals surface area contributed by atoms with Gasteiger partial charge in [0.1, 0.15) is 30.1 Å². The zero-order valence-corrected chi connectivity index (χ0v) is 15.8. The Morgan fingerprint density at radius 1 is 1.21 bits per heavy atom. The van der Waals surface area contributed by atoms with Crippen molar-refractivity contribution < 1.29 is 20.1 Å². The molecule has 0 spiro atoms. The van der Waals surface area contributed by atoms with Crippen molar-refractivity contribution in [2.75, 3.05) is 0 Å². The van der Waals surface area contributed by atoms with Crippen LogP contribution in [0.25, 0.3) is 11.0 Å². The first-order chi connectivity index (χ1) is 13.4. The number of H-pyrrole nitrogens is 1. The first kappa shape index (κ1) is 19.2. The number of ether oxygens (including phenoxy) is 1. The van der Waals surface area contributed by atoms with Gasteiger partial charge in [0.15, 0.2) is 11.7 Å². The fraction of sp³-hybridized carbons (Fsp3) is 0.294. The van der Waals surface area contributed by atoms with Gasteiger partial charge < -0.3 is 35.5 Å². The molecule has 1 fully saturated rings. The lowest BCUT2D eigenvalue weighted by Crippen LogP contribution is -2.34. The molecule has 1 saturated heterocycles. The lowest BCUT2D eigenvalue weighted by Gasteiger charge is -2.21. The molecule has 3 heterocycles. The van der Waals surface area contributed by atoms with E-state index in [1.807, 2.05) is 0 Å². The number of hydrogen-bond acceptors (Lipinski definition) is 7. The smallest absolute Gasteiger partial charge is 0.183 e. The van der Waals surface area contributed by atoms with E-state index < -0.39 is 30.6 Å². The van der Waals surface area contributed by atoms with Gasteiger partial charge in [-0.1, -0.05) is 29.3 Å². The van der Waals surface area contributed by atoms with E-state index in [4.69, 9.17) is 33.8 Å². The molecule has 11 heteroatoms. The zero-order chi connectivity index (χ0) is 20.0. The maximum Gasteiger partial charge on any atom is 0.183 e. The number of benzene rings is 1. The van der Waals surface area contributed by atoms with Gasteiger partial charge in [-0.05, 0) is 23.8 Å². The number of rotatable bonds is 3. The van der Waals surface area contributed by atoms with Crippen LogP contribution in [0.2, 0.25) is 10.0 Å². The average Bonchev–Trinajstić information content (AvgIpc) is 3.25. The van der Waals surface area contributed by atoms with Crippen LogP contribution in [0.4, 0.5) is 0 Å². The summed E-state index contributed by atoms with van der Waals surface area (Å²) in [5, 5.41) is 36.5. The summed E-state index contributed by atoms with van der Waals surface area (Å²) in [6.07, 6.45) is -2.86. The van der Waals surface area contributed by atoms with Gasteiger partial charge in [-0.15, -0.1) is 0 Å². The summed E-state index contributed by atoms with van der Waals surface area (Å²) in [6, 6.07) is 6.31. The Labute approximate surface area is 168 Å². The van der Waals surface area contributed by atoms with Crippen molar-refractivity contribution in [2.24, 2.45) is 10.9 Å². The summed E-state index contributed by atoms with van der Waals surface area (Å²) in [7, 11) is 0. The molecule has 0 bridgehead atoms. The standard InChI is InChI=1S/C17H17Cl2N5O4/c18-9-2-1-7(5-10(9)19)11(25)14-12(26)13(27)17(28-14)24-4-3-8-15(23-20)21-6-22-16(8)24/h1-6,11-14,17,25-27H,20H2,(H,21,22,23)/t11?,12-,13+,14+,17+/m0/s1. The van der Waals surface area contributed by atoms with Gasteiger partial charge in [0, 0.05) is 6.20 Å². The first-order valence-electron chi connectivity index (χ1n) is 8.35. The molecule has 0 amide bonds. The minimum absolute atomic E-state index is 0.263. The summed E-state index contributed by atoms with van der Waals surface area (Å²) >= 11 is 11.9. The fourth-order valence-electron chi connectivity index (χ4n) is 3.38. The Balaban J connectivity index is 1.67. The van der Waals surface area contributed by atoms with Crippen LogP contribution in [0.3, 0.4) is 0 Å². The Morgan fingerprint density at radius 3 is 2.71 bits per heavy atom. The molecular formula is C17H17Cl2N5O4. The van der Waals surface area contributed by atoms with E-state index in [1.54, 1.807) is 22.9 Å². The minimum atomic E-state index is -1.34. The normalized spacial score (nSPS) is 26.8. The monoisotopic (exact) mass is 425 g/mol. The average molecular weight is 426 g/mol. The van der Waals surface area contributed by atoms with Crippen LogP contribution in [-0.2, 0) is 4.74 Å². The number of aromatic nitrogens is 3. The third-order valence-electron chi connectivity index (χ3n) is 4.81. The second-order valence-electron chi connectivity index (χ2n) is 6.43. The zero-order valence-electron chi connectivity index (χ0n) is 14.3. The quantitative estimate of drug-likeness (QED) is 0.310. The number of nitrogens with one attached hydrogen (secondary N) is 1. The van der Waals surface area contributed by atoms with Crippen LogP contribution < -0.4 is 11.3 Å². The molecule has 0 saturated carbocycles. The second-order valence-corrected chi connectivity index (χ2v) is 7.25. The molecule has 1 aliphatic heterocycles. The first-order valence-corrected chi connectivity index (χ1v) is 9.10. The summed E-state index contributed by atoms with van der Waals surface area (Å²) < 4.78 is 7.42. The highest BCUT2D eigenvalue weighted by atomic mass is 35.5. The summed E-state index contributed by atoms with van der Waals surface area (Å²) in [4.78, 5) is 6.97. The van der Waals surface area contributed by atoms with E-state index in [0.29, 0.717) is 27.1 Å². The largest absolute Gasteiger partial charge is 0.387 e. The number of aromatic amines is 1. The summed E-state index contributed by atoms with van der Waals surface area (Å²) in [5.41, 5.74) is 1.26. The third-order valence-corrected chi connectivity index (χ3v) is 5.55. The van der Waals surface area contributed by atoms with Gasteiger partial charge in [-0.3, -0.25) is 0 Å². The van der Waals surface area contributed by atoms with Crippen molar-refractivity contribution in [1.29, 1.82) is 0 Å². The minimum Gasteiger partial charge on any atom is -0.387 e. The second kappa shape index (κ2) is 7.36. The van der Waals surface area contributed by atoms with Gasteiger partial charge in [0.25, 0.3) is 0 Å². The van der Waals surface area contributed by atoms with E-state index in [2.05, 4.69) is 15.1 Å². The molecule has 0 radical (unpaired) electrons. The van der Waals surface area contributed by atoms with E-state index in [1.165, 1.54) is 18.5 Å². The highest BCUT2D eigenvalue weighted by Crippen LogP contribution is 2.38. The van der Waals surface area contributed by atoms with Crippen LogP contribution in [0.1, 0.15) is 17.9 Å². The Kier molecular flexibility index (Phi) is 5.04. The third kappa shape index (κ3) is 3.06. The summed E-state index contributed by atoms with van der Waals surface area (Å²) in [6.45, 7) is 0. The van der Waals surface area contributed by atoms with E-state index in [0.717, 1.165) is 0 Å². The van der Waals surface area contributed by atoms with Crippen LogP contribution in [0, 0.1) is 0 Å². The number of halogens is 2. The van der Waals surface area contributed by atoms with Gasteiger partial charge in [0.05, 0.1) is 21.8 Å². The van der Waals surface area contributed by atoms with Crippen molar-refractivity contribution in [3.63, 3.8) is 0 Å². The maximum absolute atomic E-state index is 10.7. The number of fused-ring (bicyclic) bond motifs is 1. The number of hydrogen-bond donors (Lipinski definition) is 5. The highest BCUT2D eigenvalue weighted by molar-refractivity contribution is 6.42. The molecule has 2 aromatic heterocycles. The number of aliphatic hydroxyl groups is 3. The van der Waals surface area contributed by atoms with Gasteiger partial charge >= 0.3 is 0 Å². The van der Waals surface area contributed by atoms with Crippen LogP contribution in [0.15, 0.2) is 41.9 Å². The van der Waals surface area contributed by atoms with E-state index in [-0.39, 0.29) is 5.02 Å². The fourth-order valence-corrected chi connectivity index (χ4v) is 3.69. The number of nitrogens with two attached hydrogens (primary N) is 1. The topological polar surface area (TPSA) is 142 Å². The van der Waals surface area contributed by atoms with Crippen molar-refractivity contribution in [3.05, 3.63) is 57.9 Å². The lowest BCUT2D eigenvalue weighted by atomic mass is 9.99. The molecule has 0 aliphatic carbocycles. The van der Waals surface area contributed by atoms with Crippen LogP contribution >= 0.6 is 23.2 Å². The van der Waals surface area contributed by atoms with E-state index in [9.17, 15) is 15.3 Å². The predicted octanol–water partition coefficient (Wildman–Crippen LogP) is 0.798. The van der Waals surface area contributed by atoms with E-state index >= 15 is 0 Å². The predicted molar refractivity (Wildman–Crippen MR) is 101 cm³/mol.